The molecule has 196 valence electrons. The second-order valence-electron chi connectivity index (χ2n) is 9.54. The Balaban J connectivity index is 0.00000276. The first-order valence-electron chi connectivity index (χ1n) is 13.0. The maximum atomic E-state index is 6.09. The van der Waals surface area contributed by atoms with Crippen molar-refractivity contribution in [3.8, 4) is 39.7 Å². The molecular formula is C35H20N4OPt. The topological polar surface area (TPSA) is 56.7 Å². The number of hydrogen-bond donors (Lipinski definition) is 0. The summed E-state index contributed by atoms with van der Waals surface area (Å²) in [6.45, 7) is 0. The van der Waals surface area contributed by atoms with Gasteiger partial charge in [0.15, 0.2) is 0 Å². The fourth-order valence-corrected chi connectivity index (χ4v) is 5.32. The molecule has 0 saturated carbocycles. The summed E-state index contributed by atoms with van der Waals surface area (Å²) in [4.78, 5) is 14.0. The SMILES string of the molecule is [Pt+2].[c-]1c(-n2c3[c-]c(-c4nc5ccccc5o4)ccc3c3ccccc32)ccc(-c2ccccn2)c1-c1ccccn1. The van der Waals surface area contributed by atoms with E-state index in [2.05, 4.69) is 69.1 Å². The van der Waals surface area contributed by atoms with Crippen molar-refractivity contribution in [3.63, 3.8) is 0 Å². The van der Waals surface area contributed by atoms with Gasteiger partial charge in [-0.15, -0.1) is 42.0 Å². The van der Waals surface area contributed by atoms with Gasteiger partial charge >= 0.3 is 21.1 Å². The monoisotopic (exact) mass is 707 g/mol. The van der Waals surface area contributed by atoms with Crippen LogP contribution in [0.1, 0.15) is 0 Å². The number of pyridine rings is 2. The van der Waals surface area contributed by atoms with Gasteiger partial charge in [-0.3, -0.25) is 9.97 Å². The molecule has 4 aromatic carbocycles. The molecule has 8 rings (SSSR count). The van der Waals surface area contributed by atoms with E-state index >= 15 is 0 Å². The van der Waals surface area contributed by atoms with Crippen LogP contribution in [0.3, 0.4) is 0 Å². The quantitative estimate of drug-likeness (QED) is 0.173. The summed E-state index contributed by atoms with van der Waals surface area (Å²) in [7, 11) is 0. The van der Waals surface area contributed by atoms with Crippen LogP contribution in [-0.4, -0.2) is 19.5 Å². The molecule has 0 aliphatic carbocycles. The van der Waals surface area contributed by atoms with Gasteiger partial charge in [-0.25, -0.2) is 0 Å². The Bertz CT molecular complexity index is 2140. The molecule has 4 aromatic heterocycles. The predicted molar refractivity (Wildman–Crippen MR) is 158 cm³/mol. The molecule has 4 heterocycles. The molecule has 0 fully saturated rings. The zero-order chi connectivity index (χ0) is 26.5. The standard InChI is InChI=1S/C35H20N4O.Pt/c1-3-13-32-26(9-1)27-17-15-23(35-38-31-12-2-4-14-34(31)40-35)21-33(27)39(32)24-16-18-25(29-10-5-7-19-36-29)28(22-24)30-11-6-8-20-37-30;/h1-20H;/q-2;+2. The largest absolute Gasteiger partial charge is 2.00 e. The Labute approximate surface area is 250 Å². The van der Waals surface area contributed by atoms with Crippen LogP contribution in [0.4, 0.5) is 0 Å². The smallest absolute Gasteiger partial charge is 0.481 e. The summed E-state index contributed by atoms with van der Waals surface area (Å²) >= 11 is 0. The molecule has 0 radical (unpaired) electrons. The minimum Gasteiger partial charge on any atom is -0.481 e. The van der Waals surface area contributed by atoms with E-state index in [9.17, 15) is 0 Å². The third-order valence-corrected chi connectivity index (χ3v) is 7.14. The Morgan fingerprint density at radius 3 is 2.20 bits per heavy atom. The molecule has 41 heavy (non-hydrogen) atoms. The van der Waals surface area contributed by atoms with E-state index in [0.717, 1.165) is 66.7 Å². The van der Waals surface area contributed by atoms with Gasteiger partial charge < -0.3 is 14.0 Å². The molecule has 6 heteroatoms. The number of oxazole rings is 1. The molecule has 0 amide bonds. The van der Waals surface area contributed by atoms with Crippen molar-refractivity contribution >= 4 is 32.9 Å². The number of rotatable bonds is 4. The summed E-state index contributed by atoms with van der Waals surface area (Å²) in [5, 5.41) is 2.23. The summed E-state index contributed by atoms with van der Waals surface area (Å²) in [6, 6.07) is 43.7. The third kappa shape index (κ3) is 4.26. The van der Waals surface area contributed by atoms with Crippen LogP contribution in [-0.2, 0) is 21.1 Å². The van der Waals surface area contributed by atoms with Gasteiger partial charge in [0, 0.05) is 23.6 Å². The third-order valence-electron chi connectivity index (χ3n) is 7.14. The van der Waals surface area contributed by atoms with E-state index in [-0.39, 0.29) is 21.1 Å². The number of aromatic nitrogens is 4. The van der Waals surface area contributed by atoms with E-state index in [1.807, 2.05) is 66.7 Å². The van der Waals surface area contributed by atoms with Gasteiger partial charge in [-0.2, -0.15) is 0 Å². The van der Waals surface area contributed by atoms with E-state index in [1.54, 1.807) is 12.4 Å². The second kappa shape index (κ2) is 10.3. The van der Waals surface area contributed by atoms with Crippen LogP contribution in [0.15, 0.2) is 126 Å². The van der Waals surface area contributed by atoms with Crippen LogP contribution in [0.5, 0.6) is 0 Å². The first-order chi connectivity index (χ1) is 19.8. The molecule has 0 aliphatic rings. The summed E-state index contributed by atoms with van der Waals surface area (Å²) in [5.74, 6) is 0.545. The van der Waals surface area contributed by atoms with Gasteiger partial charge in [-0.05, 0) is 58.7 Å². The van der Waals surface area contributed by atoms with Gasteiger partial charge in [0.1, 0.15) is 11.5 Å². The molecule has 8 aromatic rings. The summed E-state index contributed by atoms with van der Waals surface area (Å²) in [6.07, 6.45) is 3.61. The second-order valence-corrected chi connectivity index (χ2v) is 9.54. The minimum absolute atomic E-state index is 0. The van der Waals surface area contributed by atoms with Crippen molar-refractivity contribution in [1.29, 1.82) is 0 Å². The Morgan fingerprint density at radius 1 is 0.634 bits per heavy atom. The number of fused-ring (bicyclic) bond motifs is 4. The number of nitrogens with zero attached hydrogens (tertiary/aromatic N) is 4. The van der Waals surface area contributed by atoms with Crippen molar-refractivity contribution < 1.29 is 25.5 Å². The normalized spacial score (nSPS) is 11.2. The van der Waals surface area contributed by atoms with E-state index < -0.39 is 0 Å². The number of benzene rings is 4. The fourth-order valence-electron chi connectivity index (χ4n) is 5.32. The van der Waals surface area contributed by atoms with Crippen LogP contribution >= 0.6 is 0 Å². The molecule has 0 saturated heterocycles. The average molecular weight is 708 g/mol. The maximum Gasteiger partial charge on any atom is 2.00 e. The molecule has 0 atom stereocenters. The number of para-hydroxylation sites is 3. The van der Waals surface area contributed by atoms with Crippen molar-refractivity contribution in [2.24, 2.45) is 0 Å². The fraction of sp³-hybridized carbons (Fsp3) is 0. The first kappa shape index (κ1) is 25.1. The molecule has 0 bridgehead atoms. The Kier molecular flexibility index (Phi) is 6.30. The van der Waals surface area contributed by atoms with E-state index in [0.29, 0.717) is 5.89 Å². The van der Waals surface area contributed by atoms with Crippen LogP contribution in [0.25, 0.3) is 72.6 Å². The predicted octanol–water partition coefficient (Wildman–Crippen LogP) is 8.31. The molecule has 0 N–H and O–H groups in total. The molecule has 0 spiro atoms. The van der Waals surface area contributed by atoms with Crippen LogP contribution in [0, 0.1) is 12.1 Å². The van der Waals surface area contributed by atoms with Crippen molar-refractivity contribution in [1.82, 2.24) is 19.5 Å². The van der Waals surface area contributed by atoms with Crippen molar-refractivity contribution in [2.75, 3.05) is 0 Å². The van der Waals surface area contributed by atoms with E-state index in [4.69, 9.17) is 9.40 Å². The first-order valence-corrected chi connectivity index (χ1v) is 13.0. The maximum absolute atomic E-state index is 6.09. The van der Waals surface area contributed by atoms with Gasteiger partial charge in [0.2, 0.25) is 0 Å². The van der Waals surface area contributed by atoms with Crippen molar-refractivity contribution in [2.45, 2.75) is 0 Å². The number of hydrogen-bond acceptors (Lipinski definition) is 4. The Hall–Kier alpha value is -4.86. The van der Waals surface area contributed by atoms with E-state index in [1.165, 1.54) is 0 Å². The summed E-state index contributed by atoms with van der Waals surface area (Å²) in [5.41, 5.74) is 8.82. The summed E-state index contributed by atoms with van der Waals surface area (Å²) < 4.78 is 8.29. The van der Waals surface area contributed by atoms with Crippen molar-refractivity contribution in [3.05, 3.63) is 134 Å². The average Bonchev–Trinajstić information content (AvgIpc) is 3.61. The van der Waals surface area contributed by atoms with Gasteiger partial charge in [-0.1, -0.05) is 65.0 Å². The zero-order valence-electron chi connectivity index (χ0n) is 21.6. The minimum atomic E-state index is 0. The molecular weight excluding hydrogens is 687 g/mol. The Morgan fingerprint density at radius 2 is 1.39 bits per heavy atom. The van der Waals surface area contributed by atoms with Gasteiger partial charge in [0.05, 0.1) is 5.52 Å². The zero-order valence-corrected chi connectivity index (χ0v) is 23.8. The molecule has 5 nitrogen and oxygen atoms in total. The van der Waals surface area contributed by atoms with Crippen LogP contribution in [0.2, 0.25) is 0 Å². The van der Waals surface area contributed by atoms with Gasteiger partial charge in [0.25, 0.3) is 0 Å². The molecule has 0 aliphatic heterocycles. The van der Waals surface area contributed by atoms with Crippen LogP contribution < -0.4 is 0 Å². The molecule has 0 unspecified atom stereocenters.